The molecule has 0 radical (unpaired) electrons. The SMILES string of the molecule is CC(=O)NCOC(C)=O.NCCCCCC(=O)O. The standard InChI is InChI=1S/C6H13NO2.C5H9NO3/c7-5-3-1-2-4-6(8)9;1-4(7)6-3-9-5(2)8/h1-5,7H2,(H,8,9);3H2,1-2H3,(H,6,7). The summed E-state index contributed by atoms with van der Waals surface area (Å²) in [5, 5.41) is 10.5. The van der Waals surface area contributed by atoms with Gasteiger partial charge in [0.25, 0.3) is 0 Å². The van der Waals surface area contributed by atoms with Crippen molar-refractivity contribution in [2.24, 2.45) is 5.73 Å². The van der Waals surface area contributed by atoms with Gasteiger partial charge in [0.2, 0.25) is 5.91 Å². The van der Waals surface area contributed by atoms with E-state index in [0.29, 0.717) is 6.54 Å². The van der Waals surface area contributed by atoms with Gasteiger partial charge in [-0.15, -0.1) is 0 Å². The number of esters is 1. The first-order valence-corrected chi connectivity index (χ1v) is 5.69. The third-order valence-corrected chi connectivity index (χ3v) is 1.69. The number of unbranched alkanes of at least 4 members (excludes halogenated alkanes) is 2. The Labute approximate surface area is 107 Å². The van der Waals surface area contributed by atoms with Crippen LogP contribution in [0.25, 0.3) is 0 Å². The van der Waals surface area contributed by atoms with Crippen LogP contribution in [0, 0.1) is 0 Å². The van der Waals surface area contributed by atoms with Crippen LogP contribution in [-0.4, -0.2) is 36.2 Å². The van der Waals surface area contributed by atoms with Gasteiger partial charge in [-0.1, -0.05) is 6.42 Å². The molecule has 0 atom stereocenters. The van der Waals surface area contributed by atoms with Gasteiger partial charge in [0.1, 0.15) is 0 Å². The predicted molar refractivity (Wildman–Crippen MR) is 65.6 cm³/mol. The molecule has 18 heavy (non-hydrogen) atoms. The minimum Gasteiger partial charge on any atom is -0.481 e. The Kier molecular flexibility index (Phi) is 14.0. The molecule has 0 aliphatic heterocycles. The Morgan fingerprint density at radius 1 is 1.17 bits per heavy atom. The van der Waals surface area contributed by atoms with Crippen LogP contribution in [0.5, 0.6) is 0 Å². The molecule has 7 nitrogen and oxygen atoms in total. The first kappa shape index (κ1) is 18.7. The molecule has 1 amide bonds. The normalized spacial score (nSPS) is 8.83. The van der Waals surface area contributed by atoms with Gasteiger partial charge in [-0.25, -0.2) is 0 Å². The molecule has 0 rings (SSSR count). The summed E-state index contributed by atoms with van der Waals surface area (Å²) in [6.45, 7) is 3.26. The van der Waals surface area contributed by atoms with Gasteiger partial charge in [-0.05, 0) is 19.4 Å². The molecule has 0 fully saturated rings. The highest BCUT2D eigenvalue weighted by Gasteiger charge is 1.94. The molecule has 7 heteroatoms. The lowest BCUT2D eigenvalue weighted by Crippen LogP contribution is -2.24. The van der Waals surface area contributed by atoms with Gasteiger partial charge in [0.05, 0.1) is 0 Å². The van der Waals surface area contributed by atoms with Gasteiger partial charge in [0, 0.05) is 20.3 Å². The summed E-state index contributed by atoms with van der Waals surface area (Å²) in [4.78, 5) is 30.1. The van der Waals surface area contributed by atoms with Gasteiger partial charge < -0.3 is 20.9 Å². The average Bonchev–Trinajstić information content (AvgIpc) is 2.24. The molecular weight excluding hydrogens is 240 g/mol. The lowest BCUT2D eigenvalue weighted by atomic mass is 10.2. The minimum atomic E-state index is -0.716. The first-order chi connectivity index (χ1) is 8.40. The topological polar surface area (TPSA) is 119 Å². The fourth-order valence-electron chi connectivity index (χ4n) is 0.837. The maximum atomic E-state index is 10.1. The third-order valence-electron chi connectivity index (χ3n) is 1.69. The number of carbonyl (C=O) groups excluding carboxylic acids is 2. The van der Waals surface area contributed by atoms with Crippen LogP contribution in [0.4, 0.5) is 0 Å². The summed E-state index contributed by atoms with van der Waals surface area (Å²) in [6.07, 6.45) is 2.91. The lowest BCUT2D eigenvalue weighted by molar-refractivity contribution is -0.142. The summed E-state index contributed by atoms with van der Waals surface area (Å²) >= 11 is 0. The molecule has 0 aliphatic carbocycles. The van der Waals surface area contributed by atoms with Gasteiger partial charge in [-0.2, -0.15) is 0 Å². The van der Waals surface area contributed by atoms with Gasteiger partial charge in [0.15, 0.2) is 6.73 Å². The zero-order valence-electron chi connectivity index (χ0n) is 10.9. The quantitative estimate of drug-likeness (QED) is 0.343. The van der Waals surface area contributed by atoms with Crippen molar-refractivity contribution in [1.29, 1.82) is 0 Å². The number of carboxylic acids is 1. The van der Waals surface area contributed by atoms with E-state index >= 15 is 0 Å². The Balaban J connectivity index is 0. The number of nitrogens with two attached hydrogens (primary N) is 1. The number of ether oxygens (including phenoxy) is 1. The van der Waals surface area contributed by atoms with E-state index in [1.807, 2.05) is 0 Å². The molecule has 0 aromatic carbocycles. The molecule has 0 aromatic heterocycles. The molecule has 0 saturated carbocycles. The highest BCUT2D eigenvalue weighted by Crippen LogP contribution is 1.97. The molecule has 0 unspecified atom stereocenters. The van der Waals surface area contributed by atoms with Crippen LogP contribution in [0.1, 0.15) is 39.5 Å². The van der Waals surface area contributed by atoms with E-state index in [-0.39, 0.29) is 19.1 Å². The van der Waals surface area contributed by atoms with E-state index in [2.05, 4.69) is 10.1 Å². The largest absolute Gasteiger partial charge is 0.481 e. The van der Waals surface area contributed by atoms with Crippen LogP contribution in [0.15, 0.2) is 0 Å². The summed E-state index contributed by atoms with van der Waals surface area (Å²) in [5.74, 6) is -1.33. The molecular formula is C11H22N2O5. The van der Waals surface area contributed by atoms with Crippen LogP contribution in [0.2, 0.25) is 0 Å². The average molecular weight is 262 g/mol. The fourth-order valence-corrected chi connectivity index (χ4v) is 0.837. The van der Waals surface area contributed by atoms with Crippen molar-refractivity contribution in [1.82, 2.24) is 5.32 Å². The number of hydrogen-bond donors (Lipinski definition) is 3. The van der Waals surface area contributed by atoms with Crippen molar-refractivity contribution < 1.29 is 24.2 Å². The second-order valence-electron chi connectivity index (χ2n) is 3.51. The van der Waals surface area contributed by atoms with E-state index in [1.165, 1.54) is 13.8 Å². The van der Waals surface area contributed by atoms with Crippen molar-refractivity contribution in [3.63, 3.8) is 0 Å². The highest BCUT2D eigenvalue weighted by atomic mass is 16.5. The van der Waals surface area contributed by atoms with Crippen LogP contribution in [0.3, 0.4) is 0 Å². The van der Waals surface area contributed by atoms with Crippen molar-refractivity contribution in [2.75, 3.05) is 13.3 Å². The smallest absolute Gasteiger partial charge is 0.304 e. The highest BCUT2D eigenvalue weighted by molar-refractivity contribution is 5.73. The van der Waals surface area contributed by atoms with E-state index < -0.39 is 11.9 Å². The van der Waals surface area contributed by atoms with Gasteiger partial charge in [-0.3, -0.25) is 14.4 Å². The maximum Gasteiger partial charge on any atom is 0.304 e. The van der Waals surface area contributed by atoms with E-state index in [4.69, 9.17) is 10.8 Å². The van der Waals surface area contributed by atoms with Crippen molar-refractivity contribution >= 4 is 17.8 Å². The number of carbonyl (C=O) groups is 3. The number of amides is 1. The maximum absolute atomic E-state index is 10.1. The van der Waals surface area contributed by atoms with Crippen LogP contribution in [-0.2, 0) is 19.1 Å². The number of carboxylic acid groups (broad SMARTS) is 1. The molecule has 0 spiro atoms. The van der Waals surface area contributed by atoms with Crippen LogP contribution < -0.4 is 11.1 Å². The Hall–Kier alpha value is -1.63. The predicted octanol–water partition coefficient (Wildman–Crippen LogP) is 0.233. The van der Waals surface area contributed by atoms with E-state index in [9.17, 15) is 14.4 Å². The zero-order chi connectivity index (χ0) is 14.4. The molecule has 0 aromatic rings. The Morgan fingerprint density at radius 2 is 1.78 bits per heavy atom. The summed E-state index contributed by atoms with van der Waals surface area (Å²) in [7, 11) is 0. The monoisotopic (exact) mass is 262 g/mol. The van der Waals surface area contributed by atoms with E-state index in [0.717, 1.165) is 19.3 Å². The van der Waals surface area contributed by atoms with E-state index in [1.54, 1.807) is 0 Å². The van der Waals surface area contributed by atoms with Crippen LogP contribution >= 0.6 is 0 Å². The summed E-state index contributed by atoms with van der Waals surface area (Å²) < 4.78 is 4.38. The van der Waals surface area contributed by atoms with Gasteiger partial charge >= 0.3 is 11.9 Å². The molecule has 0 bridgehead atoms. The molecule has 0 aliphatic rings. The Bertz CT molecular complexity index is 242. The van der Waals surface area contributed by atoms with Crippen molar-refractivity contribution in [2.45, 2.75) is 39.5 Å². The minimum absolute atomic E-state index is 0.0370. The number of nitrogens with one attached hydrogen (secondary N) is 1. The van der Waals surface area contributed by atoms with Crippen molar-refractivity contribution in [3.05, 3.63) is 0 Å². The first-order valence-electron chi connectivity index (χ1n) is 5.69. The third kappa shape index (κ3) is 23.9. The van der Waals surface area contributed by atoms with Crippen molar-refractivity contribution in [3.8, 4) is 0 Å². The molecule has 0 saturated heterocycles. The lowest BCUT2D eigenvalue weighted by Gasteiger charge is -1.99. The zero-order valence-corrected chi connectivity index (χ0v) is 10.9. The Morgan fingerprint density at radius 3 is 2.17 bits per heavy atom. The second-order valence-corrected chi connectivity index (χ2v) is 3.51. The fraction of sp³-hybridized carbons (Fsp3) is 0.727. The molecule has 106 valence electrons. The molecule has 0 heterocycles. The summed E-state index contributed by atoms with van der Waals surface area (Å²) in [5.41, 5.74) is 5.20. The number of aliphatic carboxylic acids is 1. The number of rotatable bonds is 7. The second kappa shape index (κ2) is 13.4. The molecule has 4 N–H and O–H groups in total. The summed E-state index contributed by atoms with van der Waals surface area (Å²) in [6, 6.07) is 0. The number of hydrogen-bond acceptors (Lipinski definition) is 5.